The van der Waals surface area contributed by atoms with Crippen LogP contribution < -0.4 is 0 Å². The molecule has 1 amide bonds. The van der Waals surface area contributed by atoms with Gasteiger partial charge in [0.15, 0.2) is 5.69 Å². The fraction of sp³-hybridized carbons (Fsp3) is 0.391. The highest BCUT2D eigenvalue weighted by Crippen LogP contribution is 2.27. The fourth-order valence-electron chi connectivity index (χ4n) is 4.47. The number of likely N-dealkylation sites (tertiary alicyclic amines) is 1. The van der Waals surface area contributed by atoms with Crippen LogP contribution in [0.1, 0.15) is 28.9 Å². The van der Waals surface area contributed by atoms with Crippen LogP contribution in [0.3, 0.4) is 0 Å². The maximum atomic E-state index is 13.0. The van der Waals surface area contributed by atoms with Crippen LogP contribution in [-0.4, -0.2) is 64.3 Å². The van der Waals surface area contributed by atoms with Gasteiger partial charge >= 0.3 is 0 Å². The van der Waals surface area contributed by atoms with Gasteiger partial charge in [-0.05, 0) is 24.5 Å². The predicted octanol–water partition coefficient (Wildman–Crippen LogP) is 3.07. The minimum atomic E-state index is 0.0188. The molecule has 2 aliphatic rings. The summed E-state index contributed by atoms with van der Waals surface area (Å²) in [7, 11) is 0. The Morgan fingerprint density at radius 2 is 1.76 bits per heavy atom. The second kappa shape index (κ2) is 7.97. The van der Waals surface area contributed by atoms with E-state index in [1.807, 2.05) is 29.2 Å². The number of para-hydroxylation sites is 1. The van der Waals surface area contributed by atoms with Crippen LogP contribution >= 0.6 is 0 Å². The first kappa shape index (κ1) is 18.3. The van der Waals surface area contributed by atoms with Gasteiger partial charge in [-0.15, -0.1) is 0 Å². The highest BCUT2D eigenvalue weighted by atomic mass is 16.5. The van der Waals surface area contributed by atoms with Crippen LogP contribution in [0.25, 0.3) is 10.9 Å². The first-order chi connectivity index (χ1) is 14.3. The van der Waals surface area contributed by atoms with Crippen molar-refractivity contribution in [3.05, 3.63) is 65.9 Å². The number of carbonyl (C=O) groups excluding carboxylic acids is 1. The number of benzene rings is 2. The third kappa shape index (κ3) is 3.66. The number of fused-ring (bicyclic) bond motifs is 1. The molecular formula is C23H26N4O2. The van der Waals surface area contributed by atoms with Crippen molar-refractivity contribution in [2.45, 2.75) is 31.5 Å². The Labute approximate surface area is 170 Å². The highest BCUT2D eigenvalue weighted by molar-refractivity contribution is 6.04. The molecule has 0 aliphatic carbocycles. The summed E-state index contributed by atoms with van der Waals surface area (Å²) < 4.78 is 5.58. The summed E-state index contributed by atoms with van der Waals surface area (Å²) in [6.07, 6.45) is 2.11. The van der Waals surface area contributed by atoms with E-state index in [9.17, 15) is 4.79 Å². The zero-order valence-corrected chi connectivity index (χ0v) is 16.5. The van der Waals surface area contributed by atoms with E-state index >= 15 is 0 Å². The molecular weight excluding hydrogens is 364 g/mol. The van der Waals surface area contributed by atoms with Crippen molar-refractivity contribution in [3.63, 3.8) is 0 Å². The summed E-state index contributed by atoms with van der Waals surface area (Å²) in [5, 5.41) is 8.14. The van der Waals surface area contributed by atoms with Crippen molar-refractivity contribution in [2.24, 2.45) is 0 Å². The van der Waals surface area contributed by atoms with E-state index in [4.69, 9.17) is 4.74 Å². The van der Waals surface area contributed by atoms with E-state index in [0.717, 1.165) is 56.6 Å². The molecule has 3 aromatic rings. The fourth-order valence-corrected chi connectivity index (χ4v) is 4.47. The van der Waals surface area contributed by atoms with Gasteiger partial charge in [-0.3, -0.25) is 14.8 Å². The summed E-state index contributed by atoms with van der Waals surface area (Å²) in [5.74, 6) is 0.0188. The van der Waals surface area contributed by atoms with Crippen molar-refractivity contribution in [1.29, 1.82) is 0 Å². The smallest absolute Gasteiger partial charge is 0.275 e. The summed E-state index contributed by atoms with van der Waals surface area (Å²) in [6, 6.07) is 19.3. The van der Waals surface area contributed by atoms with E-state index in [2.05, 4.69) is 45.4 Å². The molecule has 5 rings (SSSR count). The number of nitrogens with zero attached hydrogens (tertiary/aromatic N) is 3. The van der Waals surface area contributed by atoms with Gasteiger partial charge < -0.3 is 9.64 Å². The number of aromatic amines is 1. The zero-order chi connectivity index (χ0) is 19.6. The van der Waals surface area contributed by atoms with Gasteiger partial charge in [-0.25, -0.2) is 0 Å². The van der Waals surface area contributed by atoms with Gasteiger partial charge in [0, 0.05) is 50.3 Å². The van der Waals surface area contributed by atoms with Gasteiger partial charge in [0.2, 0.25) is 0 Å². The predicted molar refractivity (Wildman–Crippen MR) is 112 cm³/mol. The summed E-state index contributed by atoms with van der Waals surface area (Å²) in [5.41, 5.74) is 2.75. The number of nitrogens with one attached hydrogen (secondary N) is 1. The summed E-state index contributed by atoms with van der Waals surface area (Å²) in [4.78, 5) is 17.5. The van der Waals surface area contributed by atoms with Crippen LogP contribution in [0, 0.1) is 0 Å². The van der Waals surface area contributed by atoms with Crippen molar-refractivity contribution in [3.8, 4) is 0 Å². The monoisotopic (exact) mass is 390 g/mol. The van der Waals surface area contributed by atoms with Crippen LogP contribution in [0.15, 0.2) is 54.6 Å². The van der Waals surface area contributed by atoms with Gasteiger partial charge in [0.25, 0.3) is 5.91 Å². The molecule has 6 nitrogen and oxygen atoms in total. The van der Waals surface area contributed by atoms with E-state index in [1.54, 1.807) is 0 Å². The van der Waals surface area contributed by atoms with Gasteiger partial charge in [-0.2, -0.15) is 5.10 Å². The molecule has 0 saturated carbocycles. The Balaban J connectivity index is 1.30. The van der Waals surface area contributed by atoms with Crippen molar-refractivity contribution in [2.75, 3.05) is 26.3 Å². The van der Waals surface area contributed by atoms with Crippen molar-refractivity contribution < 1.29 is 9.53 Å². The van der Waals surface area contributed by atoms with Crippen molar-refractivity contribution >= 4 is 16.8 Å². The molecule has 1 aromatic heterocycles. The lowest BCUT2D eigenvalue weighted by Crippen LogP contribution is -2.63. The average molecular weight is 390 g/mol. The number of rotatable bonds is 5. The number of carbonyl (C=O) groups is 1. The number of ether oxygens (including phenoxy) is 1. The van der Waals surface area contributed by atoms with Gasteiger partial charge in [0.1, 0.15) is 0 Å². The molecule has 0 bridgehead atoms. The number of aromatic nitrogens is 2. The normalized spacial score (nSPS) is 18.3. The van der Waals surface area contributed by atoms with Crippen LogP contribution in [0.5, 0.6) is 0 Å². The topological polar surface area (TPSA) is 61.5 Å². The number of hydrogen-bond donors (Lipinski definition) is 1. The minimum Gasteiger partial charge on any atom is -0.381 e. The Hall–Kier alpha value is -2.70. The van der Waals surface area contributed by atoms with Crippen LogP contribution in [0.4, 0.5) is 0 Å². The lowest BCUT2D eigenvalue weighted by molar-refractivity contribution is -0.0290. The average Bonchev–Trinajstić information content (AvgIpc) is 3.17. The quantitative estimate of drug-likeness (QED) is 0.727. The third-order valence-corrected chi connectivity index (χ3v) is 6.16. The molecule has 0 unspecified atom stereocenters. The van der Waals surface area contributed by atoms with Gasteiger partial charge in [-0.1, -0.05) is 48.5 Å². The Bertz CT molecular complexity index is 975. The molecule has 2 aliphatic heterocycles. The van der Waals surface area contributed by atoms with Crippen LogP contribution in [0.2, 0.25) is 0 Å². The third-order valence-electron chi connectivity index (χ3n) is 6.16. The minimum absolute atomic E-state index is 0.0188. The Morgan fingerprint density at radius 1 is 1.03 bits per heavy atom. The Morgan fingerprint density at radius 3 is 2.55 bits per heavy atom. The molecule has 3 heterocycles. The first-order valence-corrected chi connectivity index (χ1v) is 10.4. The Kier molecular flexibility index (Phi) is 5.04. The van der Waals surface area contributed by atoms with E-state index in [0.29, 0.717) is 17.8 Å². The molecule has 2 fully saturated rings. The molecule has 6 heteroatoms. The second-order valence-electron chi connectivity index (χ2n) is 7.98. The number of H-pyrrole nitrogens is 1. The number of amides is 1. The maximum absolute atomic E-state index is 13.0. The molecule has 1 N–H and O–H groups in total. The van der Waals surface area contributed by atoms with E-state index in [1.165, 1.54) is 5.56 Å². The zero-order valence-electron chi connectivity index (χ0n) is 16.5. The molecule has 2 aromatic carbocycles. The lowest BCUT2D eigenvalue weighted by Gasteiger charge is -2.49. The molecule has 2 saturated heterocycles. The van der Waals surface area contributed by atoms with Gasteiger partial charge in [0.05, 0.1) is 5.52 Å². The summed E-state index contributed by atoms with van der Waals surface area (Å²) in [6.45, 7) is 4.08. The lowest BCUT2D eigenvalue weighted by atomic mass is 9.98. The maximum Gasteiger partial charge on any atom is 0.275 e. The van der Waals surface area contributed by atoms with E-state index in [-0.39, 0.29) is 5.91 Å². The van der Waals surface area contributed by atoms with Crippen molar-refractivity contribution in [1.82, 2.24) is 20.0 Å². The summed E-state index contributed by atoms with van der Waals surface area (Å²) >= 11 is 0. The standard InChI is InChI=1S/C23H26N4O2/c28-23(22-20-8-4-5-9-21(20)24-25-22)26-15-19(16-26)27(18-10-12-29-13-11-18)14-17-6-2-1-3-7-17/h1-9,18-19H,10-16H2,(H,24,25). The molecule has 0 atom stereocenters. The molecule has 0 spiro atoms. The number of hydrogen-bond acceptors (Lipinski definition) is 4. The molecule has 150 valence electrons. The largest absolute Gasteiger partial charge is 0.381 e. The highest BCUT2D eigenvalue weighted by Gasteiger charge is 2.39. The SMILES string of the molecule is O=C(c1n[nH]c2ccccc12)N1CC(N(Cc2ccccc2)C2CCOCC2)C1. The van der Waals surface area contributed by atoms with Crippen LogP contribution in [-0.2, 0) is 11.3 Å². The second-order valence-corrected chi connectivity index (χ2v) is 7.98. The first-order valence-electron chi connectivity index (χ1n) is 10.4. The van der Waals surface area contributed by atoms with E-state index < -0.39 is 0 Å². The molecule has 0 radical (unpaired) electrons. The molecule has 29 heavy (non-hydrogen) atoms.